The molecule has 166 valence electrons. The maximum absolute atomic E-state index is 11.4. The molecule has 0 amide bonds. The average molecular weight is 517 g/mol. The van der Waals surface area contributed by atoms with E-state index in [0.29, 0.717) is 21.2 Å². The molecule has 7 heteroatoms. The van der Waals surface area contributed by atoms with Gasteiger partial charge in [-0.1, -0.05) is 71.7 Å². The minimum Gasteiger partial charge on any atom is -0.872 e. The molecule has 0 bridgehead atoms. The molecule has 4 rings (SSSR count). The van der Waals surface area contributed by atoms with Crippen molar-refractivity contribution in [1.82, 2.24) is 0 Å². The summed E-state index contributed by atoms with van der Waals surface area (Å²) >= 11 is 11.5. The Morgan fingerprint density at radius 2 is 0.848 bits per heavy atom. The van der Waals surface area contributed by atoms with E-state index in [-0.39, 0.29) is 28.6 Å². The third-order valence-electron chi connectivity index (χ3n) is 4.20. The molecule has 0 unspecified atom stereocenters. The molecule has 0 atom stereocenters. The number of benzene rings is 4. The number of hydrogen-bond donors (Lipinski definition) is 0. The first-order valence-corrected chi connectivity index (χ1v) is 10.4. The zero-order valence-electron chi connectivity index (χ0n) is 17.2. The summed E-state index contributed by atoms with van der Waals surface area (Å²) in [4.78, 5) is 8.39. The molecule has 4 nitrogen and oxygen atoms in total. The fourth-order valence-electron chi connectivity index (χ4n) is 2.52. The van der Waals surface area contributed by atoms with Crippen LogP contribution in [-0.4, -0.2) is 12.4 Å². The van der Waals surface area contributed by atoms with E-state index in [2.05, 4.69) is 9.98 Å². The molecular weight excluding hydrogens is 499 g/mol. The molecule has 4 aromatic rings. The van der Waals surface area contributed by atoms with Crippen molar-refractivity contribution in [3.8, 4) is 11.5 Å². The van der Waals surface area contributed by atoms with Crippen LogP contribution in [0.3, 0.4) is 0 Å². The Hall–Kier alpha value is -3.08. The first-order chi connectivity index (χ1) is 15.5. The van der Waals surface area contributed by atoms with Gasteiger partial charge in [-0.25, -0.2) is 0 Å². The van der Waals surface area contributed by atoms with Crippen LogP contribution in [0.2, 0.25) is 10.0 Å². The van der Waals surface area contributed by atoms with E-state index in [4.69, 9.17) is 23.2 Å². The molecule has 0 heterocycles. The van der Waals surface area contributed by atoms with Crippen molar-refractivity contribution in [2.75, 3.05) is 0 Å². The predicted octanol–water partition coefficient (Wildman–Crippen LogP) is 6.33. The van der Waals surface area contributed by atoms with Gasteiger partial charge in [-0.3, -0.25) is 9.98 Å². The fourth-order valence-corrected chi connectivity index (χ4v) is 2.77. The second kappa shape index (κ2) is 13.5. The van der Waals surface area contributed by atoms with Crippen molar-refractivity contribution in [2.24, 2.45) is 9.98 Å². The zero-order valence-corrected chi connectivity index (χ0v) is 19.8. The smallest absolute Gasteiger partial charge is 0.872 e. The molecule has 0 aromatic heterocycles. The van der Waals surface area contributed by atoms with Crippen LogP contribution in [0.25, 0.3) is 0 Å². The first-order valence-electron chi connectivity index (χ1n) is 9.62. The molecule has 0 saturated carbocycles. The van der Waals surface area contributed by atoms with Gasteiger partial charge in [0.2, 0.25) is 0 Å². The molecular formula is C26H18Cl2FeN2O2. The Kier molecular flexibility index (Phi) is 10.7. The van der Waals surface area contributed by atoms with Crippen LogP contribution >= 0.6 is 23.2 Å². The second-order valence-corrected chi connectivity index (χ2v) is 7.42. The van der Waals surface area contributed by atoms with E-state index in [9.17, 15) is 10.2 Å². The van der Waals surface area contributed by atoms with Crippen LogP contribution in [0.1, 0.15) is 11.1 Å². The fraction of sp³-hybridized carbons (Fsp3) is 0. The van der Waals surface area contributed by atoms with Crippen molar-refractivity contribution in [3.63, 3.8) is 0 Å². The van der Waals surface area contributed by atoms with Crippen LogP contribution < -0.4 is 10.2 Å². The van der Waals surface area contributed by atoms with Gasteiger partial charge in [-0.2, -0.15) is 0 Å². The number of para-hydroxylation sites is 2. The number of nitrogens with zero attached hydrogens (tertiary/aromatic N) is 2. The van der Waals surface area contributed by atoms with E-state index < -0.39 is 0 Å². The summed E-state index contributed by atoms with van der Waals surface area (Å²) < 4.78 is 0. The second-order valence-electron chi connectivity index (χ2n) is 6.54. The van der Waals surface area contributed by atoms with E-state index in [0.717, 1.165) is 11.4 Å². The molecule has 0 aliphatic rings. The molecule has 0 fully saturated rings. The van der Waals surface area contributed by atoms with Gasteiger partial charge >= 0.3 is 17.1 Å². The Balaban J connectivity index is 0.000000227. The van der Waals surface area contributed by atoms with E-state index in [1.807, 2.05) is 12.1 Å². The summed E-state index contributed by atoms with van der Waals surface area (Å²) in [5.41, 5.74) is 2.70. The Morgan fingerprint density at radius 3 is 1.18 bits per heavy atom. The predicted molar refractivity (Wildman–Crippen MR) is 129 cm³/mol. The molecule has 4 aromatic carbocycles. The normalized spacial score (nSPS) is 10.5. The summed E-state index contributed by atoms with van der Waals surface area (Å²) in [6.07, 6.45) is 3.12. The van der Waals surface area contributed by atoms with Crippen LogP contribution in [0, 0.1) is 0 Å². The molecule has 0 aliphatic carbocycles. The standard InChI is InChI=1S/2C13H10ClNO.Fe/c2*14-11-5-7-12(8-6-11)15-9-10-3-1-2-4-13(10)16;/h2*1-9,16H;/q;;+2/p-2. The molecule has 0 spiro atoms. The summed E-state index contributed by atoms with van der Waals surface area (Å²) in [6, 6.07) is 27.8. The molecule has 0 aliphatic heterocycles. The number of aliphatic imine (C=N–C) groups is 2. The van der Waals surface area contributed by atoms with Gasteiger partial charge in [0.1, 0.15) is 0 Å². The average Bonchev–Trinajstić information content (AvgIpc) is 2.81. The number of rotatable bonds is 4. The van der Waals surface area contributed by atoms with Crippen molar-refractivity contribution in [1.29, 1.82) is 0 Å². The van der Waals surface area contributed by atoms with Gasteiger partial charge in [0, 0.05) is 22.5 Å². The quantitative estimate of drug-likeness (QED) is 0.235. The maximum Gasteiger partial charge on any atom is 2.00 e. The Morgan fingerprint density at radius 1 is 0.515 bits per heavy atom. The van der Waals surface area contributed by atoms with Gasteiger partial charge < -0.3 is 10.2 Å². The van der Waals surface area contributed by atoms with Gasteiger partial charge in [-0.15, -0.1) is 11.5 Å². The van der Waals surface area contributed by atoms with Crippen molar-refractivity contribution in [2.45, 2.75) is 0 Å². The van der Waals surface area contributed by atoms with Gasteiger partial charge in [0.05, 0.1) is 11.4 Å². The zero-order chi connectivity index (χ0) is 22.8. The molecule has 33 heavy (non-hydrogen) atoms. The summed E-state index contributed by atoms with van der Waals surface area (Å²) in [7, 11) is 0. The van der Waals surface area contributed by atoms with E-state index in [1.54, 1.807) is 85.2 Å². The van der Waals surface area contributed by atoms with Crippen molar-refractivity contribution < 1.29 is 27.3 Å². The number of hydrogen-bond acceptors (Lipinski definition) is 4. The van der Waals surface area contributed by atoms with Gasteiger partial charge in [-0.05, 0) is 59.7 Å². The van der Waals surface area contributed by atoms with Crippen LogP contribution in [0.4, 0.5) is 11.4 Å². The summed E-state index contributed by atoms with van der Waals surface area (Å²) in [5, 5.41) is 24.1. The summed E-state index contributed by atoms with van der Waals surface area (Å²) in [6.45, 7) is 0. The van der Waals surface area contributed by atoms with Crippen LogP contribution in [0.5, 0.6) is 11.5 Å². The summed E-state index contributed by atoms with van der Waals surface area (Å²) in [5.74, 6) is -0.0552. The monoisotopic (exact) mass is 516 g/mol. The minimum absolute atomic E-state index is 0. The van der Waals surface area contributed by atoms with Crippen LogP contribution in [-0.2, 0) is 17.1 Å². The molecule has 0 saturated heterocycles. The van der Waals surface area contributed by atoms with Crippen molar-refractivity contribution >= 4 is 47.0 Å². The molecule has 0 radical (unpaired) electrons. The maximum atomic E-state index is 11.4. The van der Waals surface area contributed by atoms with Crippen molar-refractivity contribution in [3.05, 3.63) is 118 Å². The SMILES string of the molecule is [Fe+2].[O-]c1ccccc1C=Nc1ccc(Cl)cc1.[O-]c1ccccc1C=Nc1ccc(Cl)cc1. The van der Waals surface area contributed by atoms with Gasteiger partial charge in [0.25, 0.3) is 0 Å². The third kappa shape index (κ3) is 8.76. The van der Waals surface area contributed by atoms with E-state index >= 15 is 0 Å². The van der Waals surface area contributed by atoms with E-state index in [1.165, 1.54) is 12.1 Å². The largest absolute Gasteiger partial charge is 2.00 e. The first kappa shape index (κ1) is 26.2. The Labute approximate surface area is 213 Å². The topological polar surface area (TPSA) is 70.8 Å². The van der Waals surface area contributed by atoms with Crippen LogP contribution in [0.15, 0.2) is 107 Å². The Bertz CT molecular complexity index is 1110. The minimum atomic E-state index is -0.0276. The third-order valence-corrected chi connectivity index (χ3v) is 4.70. The molecule has 0 N–H and O–H groups in total. The number of halogens is 2. The van der Waals surface area contributed by atoms with Gasteiger partial charge in [0.15, 0.2) is 0 Å².